The van der Waals surface area contributed by atoms with Crippen molar-refractivity contribution in [2.45, 2.75) is 32.3 Å². The Bertz CT molecular complexity index is 169. The molecule has 1 atom stereocenters. The van der Waals surface area contributed by atoms with Crippen molar-refractivity contribution in [2.24, 2.45) is 10.9 Å². The smallest absolute Gasteiger partial charge is 0.140 e. The summed E-state index contributed by atoms with van der Waals surface area (Å²) in [5.41, 5.74) is 4.58. The van der Waals surface area contributed by atoms with E-state index in [1.54, 1.807) is 6.92 Å². The van der Waals surface area contributed by atoms with Crippen LogP contribution in [0.4, 0.5) is 0 Å². The molecular weight excluding hydrogens is 170 g/mol. The standard InChI is InChI=1S/C8H19N3O2/c1-3-8(2,12)6-10-5-4-7(9)11-13/h10,12-13H,3-6H2,1-2H3,(H2,9,11). The summed E-state index contributed by atoms with van der Waals surface area (Å²) in [4.78, 5) is 0. The number of rotatable bonds is 6. The van der Waals surface area contributed by atoms with Gasteiger partial charge in [0, 0.05) is 19.5 Å². The van der Waals surface area contributed by atoms with E-state index < -0.39 is 5.60 Å². The molecule has 78 valence electrons. The van der Waals surface area contributed by atoms with Crippen molar-refractivity contribution < 1.29 is 10.3 Å². The molecule has 0 aromatic heterocycles. The van der Waals surface area contributed by atoms with Crippen LogP contribution in [-0.2, 0) is 0 Å². The quantitative estimate of drug-likeness (QED) is 0.154. The average molecular weight is 189 g/mol. The summed E-state index contributed by atoms with van der Waals surface area (Å²) in [6, 6.07) is 0. The molecule has 0 aliphatic carbocycles. The van der Waals surface area contributed by atoms with Gasteiger partial charge in [0.15, 0.2) is 0 Å². The minimum Gasteiger partial charge on any atom is -0.409 e. The largest absolute Gasteiger partial charge is 0.409 e. The lowest BCUT2D eigenvalue weighted by Gasteiger charge is -2.21. The van der Waals surface area contributed by atoms with Gasteiger partial charge >= 0.3 is 0 Å². The zero-order chi connectivity index (χ0) is 10.3. The molecule has 0 saturated heterocycles. The van der Waals surface area contributed by atoms with Crippen molar-refractivity contribution in [3.8, 4) is 0 Å². The fourth-order valence-corrected chi connectivity index (χ4v) is 0.749. The number of hydrogen-bond donors (Lipinski definition) is 4. The van der Waals surface area contributed by atoms with Gasteiger partial charge in [-0.05, 0) is 13.3 Å². The lowest BCUT2D eigenvalue weighted by Crippen LogP contribution is -2.38. The van der Waals surface area contributed by atoms with Crippen LogP contribution in [0.2, 0.25) is 0 Å². The monoisotopic (exact) mass is 189 g/mol. The zero-order valence-electron chi connectivity index (χ0n) is 8.25. The lowest BCUT2D eigenvalue weighted by atomic mass is 10.0. The van der Waals surface area contributed by atoms with Gasteiger partial charge in [0.05, 0.1) is 5.60 Å². The predicted octanol–water partition coefficient (Wildman–Crippen LogP) is -0.126. The molecule has 5 heteroatoms. The molecule has 0 rings (SSSR count). The summed E-state index contributed by atoms with van der Waals surface area (Å²) in [6.07, 6.45) is 1.18. The number of nitrogens with two attached hydrogens (primary N) is 1. The van der Waals surface area contributed by atoms with Crippen molar-refractivity contribution in [1.82, 2.24) is 5.32 Å². The fourth-order valence-electron chi connectivity index (χ4n) is 0.749. The molecule has 0 radical (unpaired) electrons. The van der Waals surface area contributed by atoms with Crippen molar-refractivity contribution in [3.05, 3.63) is 0 Å². The topological polar surface area (TPSA) is 90.9 Å². The van der Waals surface area contributed by atoms with Gasteiger partial charge < -0.3 is 21.4 Å². The Morgan fingerprint density at radius 1 is 1.62 bits per heavy atom. The summed E-state index contributed by atoms with van der Waals surface area (Å²) in [5, 5.41) is 23.7. The van der Waals surface area contributed by atoms with Crippen LogP contribution in [0, 0.1) is 0 Å². The summed E-state index contributed by atoms with van der Waals surface area (Å²) < 4.78 is 0. The van der Waals surface area contributed by atoms with Crippen molar-refractivity contribution >= 4 is 5.84 Å². The molecule has 0 aromatic rings. The van der Waals surface area contributed by atoms with Gasteiger partial charge in [-0.25, -0.2) is 0 Å². The van der Waals surface area contributed by atoms with Gasteiger partial charge in [0.2, 0.25) is 0 Å². The second kappa shape index (κ2) is 5.77. The van der Waals surface area contributed by atoms with E-state index in [9.17, 15) is 5.11 Å². The minimum absolute atomic E-state index is 0.198. The van der Waals surface area contributed by atoms with E-state index in [0.717, 1.165) is 0 Å². The Morgan fingerprint density at radius 2 is 2.23 bits per heavy atom. The molecule has 0 heterocycles. The number of hydrogen-bond acceptors (Lipinski definition) is 4. The summed E-state index contributed by atoms with van der Waals surface area (Å²) in [7, 11) is 0. The maximum absolute atomic E-state index is 9.57. The molecule has 0 fully saturated rings. The third-order valence-electron chi connectivity index (χ3n) is 1.95. The maximum Gasteiger partial charge on any atom is 0.140 e. The van der Waals surface area contributed by atoms with E-state index in [0.29, 0.717) is 25.9 Å². The SMILES string of the molecule is CCC(C)(O)CNCCC(N)=NO. The van der Waals surface area contributed by atoms with Crippen LogP contribution in [0.15, 0.2) is 5.16 Å². The van der Waals surface area contributed by atoms with Crippen molar-refractivity contribution in [3.63, 3.8) is 0 Å². The molecule has 0 amide bonds. The second-order valence-corrected chi connectivity index (χ2v) is 3.37. The molecule has 0 bridgehead atoms. The first kappa shape index (κ1) is 12.2. The van der Waals surface area contributed by atoms with E-state index in [1.807, 2.05) is 6.92 Å². The molecule has 0 aliphatic heterocycles. The van der Waals surface area contributed by atoms with E-state index in [2.05, 4.69) is 10.5 Å². The van der Waals surface area contributed by atoms with Gasteiger partial charge in [-0.15, -0.1) is 0 Å². The first-order valence-corrected chi connectivity index (χ1v) is 4.41. The third-order valence-corrected chi connectivity index (χ3v) is 1.95. The highest BCUT2D eigenvalue weighted by Gasteiger charge is 2.15. The van der Waals surface area contributed by atoms with Gasteiger partial charge in [0.1, 0.15) is 5.84 Å². The summed E-state index contributed by atoms with van der Waals surface area (Å²) in [5.74, 6) is 0.198. The number of amidine groups is 1. The van der Waals surface area contributed by atoms with Gasteiger partial charge in [-0.2, -0.15) is 0 Å². The maximum atomic E-state index is 9.57. The normalized spacial score (nSPS) is 17.0. The molecule has 5 N–H and O–H groups in total. The summed E-state index contributed by atoms with van der Waals surface area (Å²) in [6.45, 7) is 4.81. The Labute approximate surface area is 78.6 Å². The Morgan fingerprint density at radius 3 is 2.69 bits per heavy atom. The Balaban J connectivity index is 3.46. The first-order chi connectivity index (χ1) is 6.02. The van der Waals surface area contributed by atoms with E-state index in [4.69, 9.17) is 10.9 Å². The van der Waals surface area contributed by atoms with E-state index in [-0.39, 0.29) is 5.84 Å². The molecule has 0 saturated carbocycles. The molecular formula is C8H19N3O2. The number of oxime groups is 1. The average Bonchev–Trinajstić information content (AvgIpc) is 2.12. The molecule has 0 aliphatic rings. The summed E-state index contributed by atoms with van der Waals surface area (Å²) >= 11 is 0. The highest BCUT2D eigenvalue weighted by Crippen LogP contribution is 2.05. The minimum atomic E-state index is -0.675. The van der Waals surface area contributed by atoms with Gasteiger partial charge in [-0.3, -0.25) is 0 Å². The van der Waals surface area contributed by atoms with Crippen molar-refractivity contribution in [2.75, 3.05) is 13.1 Å². The van der Waals surface area contributed by atoms with Crippen LogP contribution in [0.5, 0.6) is 0 Å². The molecule has 13 heavy (non-hydrogen) atoms. The second-order valence-electron chi connectivity index (χ2n) is 3.37. The third kappa shape index (κ3) is 6.36. The fraction of sp³-hybridized carbons (Fsp3) is 0.875. The highest BCUT2D eigenvalue weighted by molar-refractivity contribution is 5.79. The molecule has 5 nitrogen and oxygen atoms in total. The van der Waals surface area contributed by atoms with Gasteiger partial charge in [0.25, 0.3) is 0 Å². The highest BCUT2D eigenvalue weighted by atomic mass is 16.4. The van der Waals surface area contributed by atoms with Crippen LogP contribution >= 0.6 is 0 Å². The number of nitrogens with zero attached hydrogens (tertiary/aromatic N) is 1. The van der Waals surface area contributed by atoms with Crippen LogP contribution in [-0.4, -0.2) is 34.8 Å². The molecule has 0 spiro atoms. The molecule has 0 aromatic carbocycles. The Kier molecular flexibility index (Phi) is 5.41. The van der Waals surface area contributed by atoms with E-state index >= 15 is 0 Å². The number of nitrogens with one attached hydrogen (secondary N) is 1. The van der Waals surface area contributed by atoms with Crippen molar-refractivity contribution in [1.29, 1.82) is 0 Å². The lowest BCUT2D eigenvalue weighted by molar-refractivity contribution is 0.0562. The predicted molar refractivity (Wildman–Crippen MR) is 51.8 cm³/mol. The van der Waals surface area contributed by atoms with Crippen LogP contribution < -0.4 is 11.1 Å². The van der Waals surface area contributed by atoms with Crippen LogP contribution in [0.3, 0.4) is 0 Å². The molecule has 1 unspecified atom stereocenters. The van der Waals surface area contributed by atoms with E-state index in [1.165, 1.54) is 0 Å². The van der Waals surface area contributed by atoms with Gasteiger partial charge in [-0.1, -0.05) is 12.1 Å². The number of aliphatic hydroxyl groups is 1. The van der Waals surface area contributed by atoms with Crippen LogP contribution in [0.1, 0.15) is 26.7 Å². The zero-order valence-corrected chi connectivity index (χ0v) is 8.25. The Hall–Kier alpha value is -0.810. The first-order valence-electron chi connectivity index (χ1n) is 4.41. The van der Waals surface area contributed by atoms with Crippen LogP contribution in [0.25, 0.3) is 0 Å².